The highest BCUT2D eigenvalue weighted by molar-refractivity contribution is 9.10. The highest BCUT2D eigenvalue weighted by Crippen LogP contribution is 2.55. The van der Waals surface area contributed by atoms with E-state index in [0.717, 1.165) is 17.0 Å². The molecule has 0 fully saturated rings. The molecule has 0 unspecified atom stereocenters. The van der Waals surface area contributed by atoms with E-state index in [1.165, 1.54) is 12.1 Å². The second-order valence-electron chi connectivity index (χ2n) is 12.6. The molecule has 0 atom stereocenters. The molecule has 0 bridgehead atoms. The standard InChI is InChI=1S/C31H34BrNO5S/c1-18-7-10-20(11-8-18)39(36,37)38-26-12-9-19(32)13-21(26)27-28-22(14-30(2,3)16-24(28)34)33(6)23-15-31(4,5)17-25(35)29(23)27/h7-13,27H,14-17H2,1-6H3. The number of Topliss-reactive ketones (excluding diaryl/α,β-unsaturated/α-hetero) is 2. The van der Waals surface area contributed by atoms with Crippen molar-refractivity contribution in [1.82, 2.24) is 4.90 Å². The summed E-state index contributed by atoms with van der Waals surface area (Å²) in [6, 6.07) is 11.5. The van der Waals surface area contributed by atoms with E-state index in [-0.39, 0.29) is 33.0 Å². The first-order valence-electron chi connectivity index (χ1n) is 13.2. The molecule has 5 rings (SSSR count). The number of benzene rings is 2. The molecule has 0 amide bonds. The quantitative estimate of drug-likeness (QED) is 0.352. The zero-order valence-electron chi connectivity index (χ0n) is 23.2. The van der Waals surface area contributed by atoms with Crippen LogP contribution in [0.2, 0.25) is 0 Å². The lowest BCUT2D eigenvalue weighted by atomic mass is 9.63. The maximum Gasteiger partial charge on any atom is 0.339 e. The Labute approximate surface area is 239 Å². The van der Waals surface area contributed by atoms with Crippen LogP contribution in [0.1, 0.15) is 70.4 Å². The third-order valence-electron chi connectivity index (χ3n) is 7.97. The first-order chi connectivity index (χ1) is 18.1. The molecule has 0 saturated heterocycles. The molecule has 2 aliphatic carbocycles. The van der Waals surface area contributed by atoms with Crippen LogP contribution >= 0.6 is 15.9 Å². The molecular formula is C31H34BrNO5S. The maximum atomic E-state index is 13.8. The number of nitrogens with zero attached hydrogens (tertiary/aromatic N) is 1. The number of ketones is 2. The van der Waals surface area contributed by atoms with Gasteiger partial charge in [0.25, 0.3) is 0 Å². The van der Waals surface area contributed by atoms with Gasteiger partial charge in [0.05, 0.1) is 0 Å². The van der Waals surface area contributed by atoms with Crippen LogP contribution in [0.3, 0.4) is 0 Å². The maximum absolute atomic E-state index is 13.8. The van der Waals surface area contributed by atoms with E-state index in [2.05, 4.69) is 48.5 Å². The first kappa shape index (κ1) is 27.8. The van der Waals surface area contributed by atoms with Crippen LogP contribution in [-0.4, -0.2) is 31.9 Å². The van der Waals surface area contributed by atoms with Gasteiger partial charge in [0.15, 0.2) is 11.6 Å². The van der Waals surface area contributed by atoms with Gasteiger partial charge < -0.3 is 9.08 Å². The molecule has 8 heteroatoms. The van der Waals surface area contributed by atoms with Gasteiger partial charge in [-0.1, -0.05) is 61.3 Å². The van der Waals surface area contributed by atoms with E-state index in [4.69, 9.17) is 4.18 Å². The van der Waals surface area contributed by atoms with Crippen molar-refractivity contribution in [3.8, 4) is 5.75 Å². The van der Waals surface area contributed by atoms with E-state index in [0.29, 0.717) is 46.9 Å². The van der Waals surface area contributed by atoms with Crippen LogP contribution in [0.25, 0.3) is 0 Å². The summed E-state index contributed by atoms with van der Waals surface area (Å²) in [5.74, 6) is -0.634. The summed E-state index contributed by atoms with van der Waals surface area (Å²) in [7, 11) is -2.22. The summed E-state index contributed by atoms with van der Waals surface area (Å²) < 4.78 is 33.2. The smallest absolute Gasteiger partial charge is 0.339 e. The van der Waals surface area contributed by atoms with E-state index in [1.54, 1.807) is 30.3 Å². The fourth-order valence-electron chi connectivity index (χ4n) is 6.17. The predicted octanol–water partition coefficient (Wildman–Crippen LogP) is 6.84. The van der Waals surface area contributed by atoms with Crippen molar-refractivity contribution in [3.05, 3.63) is 80.6 Å². The second kappa shape index (κ2) is 9.44. The number of carbonyl (C=O) groups is 2. The summed E-state index contributed by atoms with van der Waals surface area (Å²) >= 11 is 3.53. The summed E-state index contributed by atoms with van der Waals surface area (Å²) in [6.07, 6.45) is 2.06. The minimum atomic E-state index is -4.17. The molecule has 0 aromatic heterocycles. The van der Waals surface area contributed by atoms with Crippen LogP contribution in [0.4, 0.5) is 0 Å². The van der Waals surface area contributed by atoms with Gasteiger partial charge in [0.2, 0.25) is 0 Å². The van der Waals surface area contributed by atoms with Crippen molar-refractivity contribution in [3.63, 3.8) is 0 Å². The molecule has 2 aromatic rings. The average molecular weight is 613 g/mol. The van der Waals surface area contributed by atoms with Gasteiger partial charge in [-0.05, 0) is 60.9 Å². The summed E-state index contributed by atoms with van der Waals surface area (Å²) in [5.41, 5.74) is 3.91. The highest BCUT2D eigenvalue weighted by Gasteiger charge is 2.49. The molecule has 2 aromatic carbocycles. The Balaban J connectivity index is 1.73. The topological polar surface area (TPSA) is 80.8 Å². The molecule has 39 heavy (non-hydrogen) atoms. The number of aryl methyl sites for hydroxylation is 1. The van der Waals surface area contributed by atoms with E-state index < -0.39 is 16.0 Å². The average Bonchev–Trinajstić information content (AvgIpc) is 2.80. The number of carbonyl (C=O) groups excluding carboxylic acids is 2. The molecule has 206 valence electrons. The van der Waals surface area contributed by atoms with Gasteiger partial charge in [-0.15, -0.1) is 0 Å². The van der Waals surface area contributed by atoms with Crippen molar-refractivity contribution >= 4 is 37.6 Å². The molecule has 6 nitrogen and oxygen atoms in total. The SMILES string of the molecule is Cc1ccc(S(=O)(=O)Oc2ccc(Br)cc2C2C3=C(CC(C)(C)CC3=O)N(C)C3=C2C(=O)CC(C)(C)C3)cc1. The van der Waals surface area contributed by atoms with E-state index in [9.17, 15) is 18.0 Å². The Morgan fingerprint density at radius 3 is 1.87 bits per heavy atom. The van der Waals surface area contributed by atoms with Crippen molar-refractivity contribution in [2.45, 2.75) is 71.1 Å². The van der Waals surface area contributed by atoms with Crippen LogP contribution in [0.5, 0.6) is 5.75 Å². The molecular weight excluding hydrogens is 578 g/mol. The third kappa shape index (κ3) is 5.13. The second-order valence-corrected chi connectivity index (χ2v) is 15.1. The Kier molecular flexibility index (Phi) is 6.74. The molecule has 1 heterocycles. The lowest BCUT2D eigenvalue weighted by molar-refractivity contribution is -0.119. The lowest BCUT2D eigenvalue weighted by Crippen LogP contribution is -2.43. The molecule has 0 N–H and O–H groups in total. The minimum absolute atomic E-state index is 0.0189. The molecule has 0 saturated carbocycles. The van der Waals surface area contributed by atoms with Crippen LogP contribution in [0.15, 0.2) is 74.4 Å². The van der Waals surface area contributed by atoms with Gasteiger partial charge in [-0.2, -0.15) is 8.42 Å². The Morgan fingerprint density at radius 1 is 0.846 bits per heavy atom. The van der Waals surface area contributed by atoms with Gasteiger partial charge in [0.1, 0.15) is 10.6 Å². The van der Waals surface area contributed by atoms with Crippen LogP contribution in [0, 0.1) is 17.8 Å². The zero-order chi connectivity index (χ0) is 28.5. The molecule has 0 spiro atoms. The fraction of sp³-hybridized carbons (Fsp3) is 0.419. The number of halogens is 1. The highest BCUT2D eigenvalue weighted by atomic mass is 79.9. The van der Waals surface area contributed by atoms with Crippen LogP contribution < -0.4 is 4.18 Å². The normalized spacial score (nSPS) is 21.2. The number of hydrogen-bond acceptors (Lipinski definition) is 6. The van der Waals surface area contributed by atoms with Crippen LogP contribution in [-0.2, 0) is 19.7 Å². The lowest BCUT2D eigenvalue weighted by Gasteiger charge is -2.48. The van der Waals surface area contributed by atoms with Gasteiger partial charge in [-0.3, -0.25) is 9.59 Å². The summed E-state index contributed by atoms with van der Waals surface area (Å²) in [4.78, 5) is 29.7. The monoisotopic (exact) mass is 611 g/mol. The largest absolute Gasteiger partial charge is 0.379 e. The summed E-state index contributed by atoms with van der Waals surface area (Å²) in [6.45, 7) is 10.2. The Hall–Kier alpha value is -2.71. The first-order valence-corrected chi connectivity index (χ1v) is 15.4. The number of hydrogen-bond donors (Lipinski definition) is 0. The molecule has 1 aliphatic heterocycles. The van der Waals surface area contributed by atoms with Crippen molar-refractivity contribution in [2.24, 2.45) is 10.8 Å². The fourth-order valence-corrected chi connectivity index (χ4v) is 7.50. The third-order valence-corrected chi connectivity index (χ3v) is 9.71. The van der Waals surface area contributed by atoms with Gasteiger partial charge in [0, 0.05) is 58.4 Å². The minimum Gasteiger partial charge on any atom is -0.379 e. The van der Waals surface area contributed by atoms with Gasteiger partial charge >= 0.3 is 10.1 Å². The van der Waals surface area contributed by atoms with Crippen molar-refractivity contribution < 1.29 is 22.2 Å². The Morgan fingerprint density at radius 2 is 1.36 bits per heavy atom. The van der Waals surface area contributed by atoms with Gasteiger partial charge in [-0.25, -0.2) is 0 Å². The summed E-state index contributed by atoms with van der Waals surface area (Å²) in [5, 5.41) is 0. The number of rotatable bonds is 4. The molecule has 0 radical (unpaired) electrons. The Bertz CT molecular complexity index is 1510. The predicted molar refractivity (Wildman–Crippen MR) is 154 cm³/mol. The molecule has 3 aliphatic rings. The van der Waals surface area contributed by atoms with Crippen molar-refractivity contribution in [2.75, 3.05) is 7.05 Å². The van der Waals surface area contributed by atoms with E-state index >= 15 is 0 Å². The van der Waals surface area contributed by atoms with Crippen molar-refractivity contribution in [1.29, 1.82) is 0 Å². The van der Waals surface area contributed by atoms with E-state index in [1.807, 2.05) is 14.0 Å². The zero-order valence-corrected chi connectivity index (χ0v) is 25.6. The number of allylic oxidation sites excluding steroid dienone is 4.